The molecule has 1 aromatic carbocycles. The minimum atomic E-state index is -2.84. The molecule has 0 aromatic heterocycles. The van der Waals surface area contributed by atoms with Crippen molar-refractivity contribution in [2.45, 2.75) is 58.5 Å². The van der Waals surface area contributed by atoms with Gasteiger partial charge in [0.2, 0.25) is 0 Å². The van der Waals surface area contributed by atoms with Gasteiger partial charge in [0.05, 0.1) is 5.56 Å². The number of carbonyl (C=O) groups is 1. The molecule has 22 heavy (non-hydrogen) atoms. The summed E-state index contributed by atoms with van der Waals surface area (Å²) < 4.78 is 12.6. The summed E-state index contributed by atoms with van der Waals surface area (Å²) in [6.07, 6.45) is 3.93. The maximum Gasteiger partial charge on any atom is 0.473 e. The van der Waals surface area contributed by atoms with Crippen molar-refractivity contribution < 1.29 is 13.6 Å². The van der Waals surface area contributed by atoms with E-state index < -0.39 is 8.56 Å². The Hall–Kier alpha value is -1.55. The number of hydrogen-bond donors (Lipinski definition) is 0. The Morgan fingerprint density at radius 1 is 1.00 bits per heavy atom. The van der Waals surface area contributed by atoms with Gasteiger partial charge in [0.25, 0.3) is 0 Å². The van der Waals surface area contributed by atoms with E-state index in [9.17, 15) is 4.79 Å². The number of rotatable bonds is 1. The molecule has 4 heteroatoms. The van der Waals surface area contributed by atoms with Crippen molar-refractivity contribution in [1.82, 2.24) is 0 Å². The van der Waals surface area contributed by atoms with Gasteiger partial charge in [-0.3, -0.25) is 0 Å². The number of benzene rings is 1. The Labute approximate surface area is 134 Å². The predicted octanol–water partition coefficient (Wildman–Crippen LogP) is 5.31. The van der Waals surface area contributed by atoms with Crippen molar-refractivity contribution in [3.05, 3.63) is 35.4 Å². The van der Waals surface area contributed by atoms with Crippen LogP contribution in [0.1, 0.15) is 64.4 Å². The first-order chi connectivity index (χ1) is 10.0. The number of fused-ring (bicyclic) bond motifs is 1. The van der Waals surface area contributed by atoms with Crippen molar-refractivity contribution in [2.24, 2.45) is 0 Å². The van der Waals surface area contributed by atoms with Crippen LogP contribution >= 0.6 is 0 Å². The van der Waals surface area contributed by atoms with Crippen LogP contribution in [0.4, 0.5) is 0 Å². The third kappa shape index (κ3) is 2.49. The van der Waals surface area contributed by atoms with Crippen molar-refractivity contribution >= 4 is 20.6 Å². The molecule has 0 amide bonds. The Balaban J connectivity index is 2.70. The molecule has 0 saturated heterocycles. The highest BCUT2D eigenvalue weighted by Gasteiger charge is 2.65. The van der Waals surface area contributed by atoms with Crippen LogP contribution < -0.4 is 4.43 Å². The Morgan fingerprint density at radius 3 is 2.09 bits per heavy atom. The summed E-state index contributed by atoms with van der Waals surface area (Å²) in [7, 11) is -2.84. The summed E-state index contributed by atoms with van der Waals surface area (Å²) in [5, 5.41) is -0.469. The second kappa shape index (κ2) is 5.27. The number of para-hydroxylation sites is 1. The van der Waals surface area contributed by atoms with Crippen LogP contribution in [0, 0.1) is 0 Å². The molecule has 0 radical (unpaired) electrons. The van der Waals surface area contributed by atoms with E-state index in [0.29, 0.717) is 11.3 Å². The van der Waals surface area contributed by atoms with Gasteiger partial charge in [-0.15, -0.1) is 0 Å². The van der Waals surface area contributed by atoms with E-state index in [-0.39, 0.29) is 16.0 Å². The van der Waals surface area contributed by atoms with Crippen LogP contribution in [0.15, 0.2) is 24.3 Å². The molecule has 1 aliphatic rings. The lowest BCUT2D eigenvalue weighted by molar-refractivity contribution is 0.0604. The van der Waals surface area contributed by atoms with Gasteiger partial charge in [0, 0.05) is 15.6 Å². The van der Waals surface area contributed by atoms with Crippen LogP contribution in [0.5, 0.6) is 5.75 Å². The second-order valence-electron chi connectivity index (χ2n) is 7.83. The molecular formula is C18H26O3Si. The van der Waals surface area contributed by atoms with Gasteiger partial charge in [-0.1, -0.05) is 65.8 Å². The SMILES string of the molecule is C/C=C/c1cccc2c1O[Si](C(C)(C)C)(C(C)(C)C)OC2=O. The van der Waals surface area contributed by atoms with Crippen LogP contribution in [0.3, 0.4) is 0 Å². The summed E-state index contributed by atoms with van der Waals surface area (Å²) in [6.45, 7) is 14.5. The molecular weight excluding hydrogens is 292 g/mol. The van der Waals surface area contributed by atoms with Crippen molar-refractivity contribution in [3.8, 4) is 5.75 Å². The molecule has 0 fully saturated rings. The lowest BCUT2D eigenvalue weighted by Crippen LogP contribution is -2.62. The first-order valence-electron chi connectivity index (χ1n) is 7.71. The molecule has 0 aliphatic carbocycles. The molecule has 120 valence electrons. The Bertz CT molecular complexity index is 604. The van der Waals surface area contributed by atoms with Gasteiger partial charge in [-0.25, -0.2) is 4.79 Å². The first kappa shape index (κ1) is 16.8. The molecule has 0 saturated carbocycles. The lowest BCUT2D eigenvalue weighted by Gasteiger charge is -2.49. The zero-order valence-electron chi connectivity index (χ0n) is 14.6. The van der Waals surface area contributed by atoms with Crippen molar-refractivity contribution in [2.75, 3.05) is 0 Å². The molecule has 0 spiro atoms. The molecule has 1 aromatic rings. The Morgan fingerprint density at radius 2 is 1.59 bits per heavy atom. The summed E-state index contributed by atoms with van der Waals surface area (Å²) in [4.78, 5) is 12.7. The minimum absolute atomic E-state index is 0.234. The third-order valence-corrected chi connectivity index (χ3v) is 8.98. The van der Waals surface area contributed by atoms with Gasteiger partial charge in [0.15, 0.2) is 0 Å². The molecule has 1 aliphatic heterocycles. The molecule has 0 atom stereocenters. The normalized spacial score (nSPS) is 17.9. The largest absolute Gasteiger partial charge is 0.510 e. The molecule has 2 rings (SSSR count). The van der Waals surface area contributed by atoms with E-state index in [4.69, 9.17) is 8.85 Å². The number of hydrogen-bond acceptors (Lipinski definition) is 3. The highest BCUT2D eigenvalue weighted by Crippen LogP contribution is 2.55. The smallest absolute Gasteiger partial charge is 0.473 e. The zero-order chi connectivity index (χ0) is 16.8. The summed E-state index contributed by atoms with van der Waals surface area (Å²) in [5.41, 5.74) is 1.45. The first-order valence-corrected chi connectivity index (χ1v) is 9.53. The van der Waals surface area contributed by atoms with E-state index in [0.717, 1.165) is 5.56 Å². The summed E-state index contributed by atoms with van der Waals surface area (Å²) >= 11 is 0. The number of carbonyl (C=O) groups excluding carboxylic acids is 1. The Kier molecular flexibility index (Phi) is 4.02. The van der Waals surface area contributed by atoms with E-state index in [1.165, 1.54) is 0 Å². The van der Waals surface area contributed by atoms with Crippen LogP contribution in [0.2, 0.25) is 10.1 Å². The quantitative estimate of drug-likeness (QED) is 0.658. The van der Waals surface area contributed by atoms with Gasteiger partial charge >= 0.3 is 14.5 Å². The fourth-order valence-electron chi connectivity index (χ4n) is 3.23. The van der Waals surface area contributed by atoms with Crippen molar-refractivity contribution in [3.63, 3.8) is 0 Å². The zero-order valence-corrected chi connectivity index (χ0v) is 15.6. The van der Waals surface area contributed by atoms with Crippen LogP contribution in [-0.4, -0.2) is 14.5 Å². The van der Waals surface area contributed by atoms with Gasteiger partial charge in [-0.05, 0) is 13.0 Å². The van der Waals surface area contributed by atoms with Crippen LogP contribution in [0.25, 0.3) is 6.08 Å². The maximum absolute atomic E-state index is 12.7. The fraction of sp³-hybridized carbons (Fsp3) is 0.500. The topological polar surface area (TPSA) is 35.5 Å². The molecule has 0 bridgehead atoms. The monoisotopic (exact) mass is 318 g/mol. The molecule has 0 unspecified atom stereocenters. The lowest BCUT2D eigenvalue weighted by atomic mass is 10.1. The van der Waals surface area contributed by atoms with Crippen LogP contribution in [-0.2, 0) is 4.43 Å². The van der Waals surface area contributed by atoms with Gasteiger partial charge in [0.1, 0.15) is 5.75 Å². The van der Waals surface area contributed by atoms with E-state index in [1.54, 1.807) is 6.07 Å². The summed E-state index contributed by atoms with van der Waals surface area (Å²) in [5.74, 6) is 0.414. The standard InChI is InChI=1S/C18H26O3Si/c1-8-10-13-11-9-12-14-15(13)20-22(17(2,3)4,18(5,6)7)21-16(14)19/h8-12H,1-7H3/b10-8+. The average Bonchev–Trinajstić information content (AvgIpc) is 2.37. The van der Waals surface area contributed by atoms with Gasteiger partial charge < -0.3 is 8.85 Å². The molecule has 1 heterocycles. The predicted molar refractivity (Wildman–Crippen MR) is 92.4 cm³/mol. The van der Waals surface area contributed by atoms with Crippen molar-refractivity contribution in [1.29, 1.82) is 0 Å². The fourth-order valence-corrected chi connectivity index (χ4v) is 7.63. The van der Waals surface area contributed by atoms with E-state index in [2.05, 4.69) is 41.5 Å². The van der Waals surface area contributed by atoms with Gasteiger partial charge in [-0.2, -0.15) is 0 Å². The highest BCUT2D eigenvalue weighted by molar-refractivity contribution is 6.76. The molecule has 3 nitrogen and oxygen atoms in total. The molecule has 0 N–H and O–H groups in total. The number of allylic oxidation sites excluding steroid dienone is 1. The highest BCUT2D eigenvalue weighted by atomic mass is 28.4. The summed E-state index contributed by atoms with van der Waals surface area (Å²) in [6, 6.07) is 5.61. The van der Waals surface area contributed by atoms with E-state index in [1.807, 2.05) is 31.2 Å². The van der Waals surface area contributed by atoms with E-state index >= 15 is 0 Å². The average molecular weight is 318 g/mol. The minimum Gasteiger partial charge on any atom is -0.510 e. The maximum atomic E-state index is 12.7. The second-order valence-corrected chi connectivity index (χ2v) is 12.5. The third-order valence-electron chi connectivity index (χ3n) is 4.07.